The lowest BCUT2D eigenvalue weighted by atomic mass is 10.2. The highest BCUT2D eigenvalue weighted by molar-refractivity contribution is 7.09. The van der Waals surface area contributed by atoms with Crippen molar-refractivity contribution in [1.82, 2.24) is 24.8 Å². The zero-order chi connectivity index (χ0) is 19.8. The van der Waals surface area contributed by atoms with E-state index < -0.39 is 0 Å². The Morgan fingerprint density at radius 1 is 1.25 bits per heavy atom. The summed E-state index contributed by atoms with van der Waals surface area (Å²) in [6.45, 7) is 8.26. The van der Waals surface area contributed by atoms with Crippen LogP contribution < -0.4 is 5.32 Å². The highest BCUT2D eigenvalue weighted by Gasteiger charge is 2.17. The van der Waals surface area contributed by atoms with Crippen molar-refractivity contribution in [2.24, 2.45) is 0 Å². The molecule has 7 heteroatoms. The van der Waals surface area contributed by atoms with Crippen molar-refractivity contribution in [3.05, 3.63) is 57.9 Å². The Hall–Kier alpha value is -2.93. The molecule has 4 rings (SSSR count). The number of aromatic nitrogens is 4. The predicted molar refractivity (Wildman–Crippen MR) is 112 cm³/mol. The number of hydrogen-bond donors (Lipinski definition) is 2. The summed E-state index contributed by atoms with van der Waals surface area (Å²) in [5, 5.41) is 6.15. The molecule has 1 aromatic carbocycles. The number of H-pyrrole nitrogens is 1. The molecule has 0 saturated heterocycles. The Morgan fingerprint density at radius 3 is 2.75 bits per heavy atom. The molecule has 0 spiro atoms. The normalized spacial score (nSPS) is 12.4. The second-order valence-corrected chi connectivity index (χ2v) is 8.11. The lowest BCUT2D eigenvalue weighted by molar-refractivity contribution is -0.122. The largest absolute Gasteiger partial charge is 0.345 e. The molecule has 0 aliphatic carbocycles. The maximum absolute atomic E-state index is 12.7. The molecule has 0 aliphatic rings. The third-order valence-electron chi connectivity index (χ3n) is 4.97. The van der Waals surface area contributed by atoms with E-state index in [4.69, 9.17) is 0 Å². The number of para-hydroxylation sites is 2. The van der Waals surface area contributed by atoms with Gasteiger partial charge in [-0.1, -0.05) is 12.1 Å². The molecule has 144 valence electrons. The van der Waals surface area contributed by atoms with Gasteiger partial charge in [-0.3, -0.25) is 4.79 Å². The Kier molecular flexibility index (Phi) is 4.77. The maximum Gasteiger partial charge on any atom is 0.240 e. The number of hydrogen-bond acceptors (Lipinski definition) is 4. The van der Waals surface area contributed by atoms with E-state index in [1.807, 2.05) is 56.5 Å². The van der Waals surface area contributed by atoms with Gasteiger partial charge in [0.15, 0.2) is 0 Å². The lowest BCUT2D eigenvalue weighted by Crippen LogP contribution is -2.31. The molecular formula is C21H23N5OS. The number of benzene rings is 1. The molecule has 0 radical (unpaired) electrons. The van der Waals surface area contributed by atoms with Crippen LogP contribution in [0.1, 0.15) is 35.2 Å². The summed E-state index contributed by atoms with van der Waals surface area (Å²) < 4.78 is 2.03. The van der Waals surface area contributed by atoms with Gasteiger partial charge in [0.05, 0.1) is 27.8 Å². The highest BCUT2D eigenvalue weighted by atomic mass is 32.1. The van der Waals surface area contributed by atoms with E-state index in [9.17, 15) is 4.79 Å². The topological polar surface area (TPSA) is 75.6 Å². The maximum atomic E-state index is 12.7. The molecule has 3 aromatic heterocycles. The van der Waals surface area contributed by atoms with Gasteiger partial charge in [-0.05, 0) is 45.9 Å². The van der Waals surface area contributed by atoms with Crippen LogP contribution >= 0.6 is 11.3 Å². The minimum absolute atomic E-state index is 0.0456. The monoisotopic (exact) mass is 393 g/mol. The van der Waals surface area contributed by atoms with E-state index in [0.29, 0.717) is 0 Å². The van der Waals surface area contributed by atoms with Crippen LogP contribution in [0.15, 0.2) is 35.7 Å². The Labute approximate surface area is 167 Å². The molecule has 6 nitrogen and oxygen atoms in total. The van der Waals surface area contributed by atoms with Crippen LogP contribution in [0.25, 0.3) is 22.3 Å². The van der Waals surface area contributed by atoms with Gasteiger partial charge in [0.25, 0.3) is 0 Å². The van der Waals surface area contributed by atoms with E-state index in [1.54, 1.807) is 11.3 Å². The molecule has 0 aliphatic heterocycles. The summed E-state index contributed by atoms with van der Waals surface area (Å²) in [5.74, 6) is 0.713. The molecule has 2 N–H and O–H groups in total. The van der Waals surface area contributed by atoms with Crippen LogP contribution in [0.4, 0.5) is 0 Å². The molecule has 1 unspecified atom stereocenters. The first-order valence-electron chi connectivity index (χ1n) is 9.25. The van der Waals surface area contributed by atoms with Crippen LogP contribution in [-0.4, -0.2) is 25.4 Å². The van der Waals surface area contributed by atoms with Crippen LogP contribution in [0, 0.1) is 20.8 Å². The Balaban J connectivity index is 1.50. The summed E-state index contributed by atoms with van der Waals surface area (Å²) in [6.07, 6.45) is 0. The fourth-order valence-electron chi connectivity index (χ4n) is 3.47. The molecule has 4 aromatic rings. The fraction of sp³-hybridized carbons (Fsp3) is 0.286. The molecule has 1 atom stereocenters. The van der Waals surface area contributed by atoms with Crippen molar-refractivity contribution >= 4 is 28.3 Å². The average Bonchev–Trinajstić information content (AvgIpc) is 3.35. The quantitative estimate of drug-likeness (QED) is 0.531. The minimum Gasteiger partial charge on any atom is -0.345 e. The zero-order valence-corrected chi connectivity index (χ0v) is 17.2. The van der Waals surface area contributed by atoms with E-state index in [2.05, 4.69) is 31.7 Å². The van der Waals surface area contributed by atoms with E-state index in [0.717, 1.165) is 44.5 Å². The summed E-state index contributed by atoms with van der Waals surface area (Å²) >= 11 is 1.63. The van der Waals surface area contributed by atoms with Gasteiger partial charge in [0.1, 0.15) is 12.4 Å². The van der Waals surface area contributed by atoms with E-state index in [-0.39, 0.29) is 18.5 Å². The van der Waals surface area contributed by atoms with E-state index >= 15 is 0 Å². The van der Waals surface area contributed by atoms with Crippen molar-refractivity contribution in [1.29, 1.82) is 0 Å². The standard InChI is InChI=1S/C21H23N5OS/c1-12-9-16(19-11-28-15(4)23-19)14(3)26(12)10-20(27)22-13(2)21-24-17-7-5-6-8-18(17)25-21/h5-9,11,13H,10H2,1-4H3,(H,22,27)(H,24,25). The van der Waals surface area contributed by atoms with Gasteiger partial charge in [0.2, 0.25) is 5.91 Å². The van der Waals surface area contributed by atoms with Crippen molar-refractivity contribution in [2.75, 3.05) is 0 Å². The number of fused-ring (bicyclic) bond motifs is 1. The number of amides is 1. The molecule has 0 fully saturated rings. The summed E-state index contributed by atoms with van der Waals surface area (Å²) in [5.41, 5.74) is 6.02. The molecule has 0 saturated carbocycles. The second-order valence-electron chi connectivity index (χ2n) is 7.05. The Morgan fingerprint density at radius 2 is 2.04 bits per heavy atom. The van der Waals surface area contributed by atoms with Gasteiger partial charge < -0.3 is 14.9 Å². The van der Waals surface area contributed by atoms with Gasteiger partial charge >= 0.3 is 0 Å². The van der Waals surface area contributed by atoms with Crippen molar-refractivity contribution < 1.29 is 4.79 Å². The van der Waals surface area contributed by atoms with Gasteiger partial charge in [0, 0.05) is 22.3 Å². The zero-order valence-electron chi connectivity index (χ0n) is 16.4. The third kappa shape index (κ3) is 3.45. The Bertz CT molecular complexity index is 1120. The van der Waals surface area contributed by atoms with E-state index in [1.165, 1.54) is 0 Å². The first-order chi connectivity index (χ1) is 13.4. The first kappa shape index (κ1) is 18.4. The van der Waals surface area contributed by atoms with Crippen LogP contribution in [0.5, 0.6) is 0 Å². The third-order valence-corrected chi connectivity index (χ3v) is 5.74. The van der Waals surface area contributed by atoms with Crippen molar-refractivity contribution in [2.45, 2.75) is 40.3 Å². The number of aryl methyl sites for hydroxylation is 2. The van der Waals surface area contributed by atoms with Gasteiger partial charge in [-0.2, -0.15) is 0 Å². The highest BCUT2D eigenvalue weighted by Crippen LogP contribution is 2.28. The second kappa shape index (κ2) is 7.24. The number of aromatic amines is 1. The molecule has 3 heterocycles. The van der Waals surface area contributed by atoms with Crippen LogP contribution in [-0.2, 0) is 11.3 Å². The minimum atomic E-state index is -0.197. The van der Waals surface area contributed by atoms with Crippen molar-refractivity contribution in [3.63, 3.8) is 0 Å². The number of nitrogens with zero attached hydrogens (tertiary/aromatic N) is 3. The SMILES string of the molecule is Cc1nc(-c2cc(C)n(CC(=O)NC(C)c3nc4ccccc4[nH]3)c2C)cs1. The van der Waals surface area contributed by atoms with Crippen LogP contribution in [0.3, 0.4) is 0 Å². The summed E-state index contributed by atoms with van der Waals surface area (Å²) in [4.78, 5) is 25.1. The molecule has 28 heavy (non-hydrogen) atoms. The van der Waals surface area contributed by atoms with Crippen LogP contribution in [0.2, 0.25) is 0 Å². The number of carbonyl (C=O) groups is 1. The number of rotatable bonds is 5. The fourth-order valence-corrected chi connectivity index (χ4v) is 4.08. The number of nitrogens with one attached hydrogen (secondary N) is 2. The van der Waals surface area contributed by atoms with Gasteiger partial charge in [-0.25, -0.2) is 9.97 Å². The first-order valence-corrected chi connectivity index (χ1v) is 10.1. The number of thiazole rings is 1. The summed E-state index contributed by atoms with van der Waals surface area (Å²) in [7, 11) is 0. The number of carbonyl (C=O) groups excluding carboxylic acids is 1. The lowest BCUT2D eigenvalue weighted by Gasteiger charge is -2.14. The number of imidazole rings is 1. The van der Waals surface area contributed by atoms with Gasteiger partial charge in [-0.15, -0.1) is 11.3 Å². The smallest absolute Gasteiger partial charge is 0.240 e. The molecule has 0 bridgehead atoms. The average molecular weight is 394 g/mol. The molecular weight excluding hydrogens is 370 g/mol. The van der Waals surface area contributed by atoms with Crippen molar-refractivity contribution in [3.8, 4) is 11.3 Å². The summed E-state index contributed by atoms with van der Waals surface area (Å²) in [6, 6.07) is 9.76. The molecule has 1 amide bonds. The predicted octanol–water partition coefficient (Wildman–Crippen LogP) is 4.29.